The summed E-state index contributed by atoms with van der Waals surface area (Å²) in [5.74, 6) is 2.85. The van der Waals surface area contributed by atoms with Gasteiger partial charge in [0.2, 0.25) is 5.91 Å². The second-order valence-corrected chi connectivity index (χ2v) is 11.3. The van der Waals surface area contributed by atoms with Crippen LogP contribution < -0.4 is 9.64 Å². The summed E-state index contributed by atoms with van der Waals surface area (Å²) in [6.45, 7) is 11.9. The van der Waals surface area contributed by atoms with Crippen molar-refractivity contribution < 1.29 is 19.1 Å². The normalized spacial score (nSPS) is 21.3. The monoisotopic (exact) mass is 486 g/mol. The molecule has 0 aromatic carbocycles. The van der Waals surface area contributed by atoms with E-state index in [0.29, 0.717) is 49.5 Å². The molecule has 0 aliphatic heterocycles. The third-order valence-corrected chi connectivity index (χ3v) is 7.45. The number of nitrogens with zero attached hydrogens (tertiary/aromatic N) is 2. The van der Waals surface area contributed by atoms with Gasteiger partial charge >= 0.3 is 0 Å². The Hall–Kier alpha value is -1.95. The van der Waals surface area contributed by atoms with E-state index in [-0.39, 0.29) is 29.7 Å². The van der Waals surface area contributed by atoms with Gasteiger partial charge in [-0.25, -0.2) is 4.98 Å². The van der Waals surface area contributed by atoms with Gasteiger partial charge in [-0.05, 0) is 63.2 Å². The Labute approximate surface area is 212 Å². The number of hydrogen-bond donors (Lipinski definition) is 0. The molecule has 0 N–H and O–H groups in total. The van der Waals surface area contributed by atoms with Gasteiger partial charge in [-0.2, -0.15) is 0 Å². The molecule has 0 bridgehead atoms. The Kier molecular flexibility index (Phi) is 10.1. The van der Waals surface area contributed by atoms with E-state index >= 15 is 0 Å². The van der Waals surface area contributed by atoms with Crippen molar-refractivity contribution in [3.63, 3.8) is 0 Å². The van der Waals surface area contributed by atoms with Gasteiger partial charge in [0, 0.05) is 55.3 Å². The van der Waals surface area contributed by atoms with Crippen LogP contribution in [0.25, 0.3) is 0 Å². The van der Waals surface area contributed by atoms with Crippen LogP contribution in [0.4, 0.5) is 5.82 Å². The average molecular weight is 487 g/mol. The van der Waals surface area contributed by atoms with E-state index in [1.807, 2.05) is 24.1 Å². The highest BCUT2D eigenvalue weighted by atomic mass is 16.5. The molecule has 2 fully saturated rings. The summed E-state index contributed by atoms with van der Waals surface area (Å²) in [5, 5.41) is 0. The summed E-state index contributed by atoms with van der Waals surface area (Å²) in [4.78, 5) is 33.7. The molecule has 2 saturated carbocycles. The Bertz CT molecular complexity index is 849. The number of carbonyl (C=O) groups is 2. The maximum atomic E-state index is 13.8. The van der Waals surface area contributed by atoms with Gasteiger partial charge in [-0.1, -0.05) is 34.1 Å². The minimum absolute atomic E-state index is 0.0270. The minimum atomic E-state index is -0.119. The number of anilines is 1. The van der Waals surface area contributed by atoms with E-state index in [1.54, 1.807) is 7.11 Å². The van der Waals surface area contributed by atoms with E-state index < -0.39 is 0 Å². The molecule has 3 atom stereocenters. The fraction of sp³-hybridized carbons (Fsp3) is 0.759. The lowest BCUT2D eigenvalue weighted by Gasteiger charge is -2.33. The molecule has 0 saturated heterocycles. The second-order valence-electron chi connectivity index (χ2n) is 11.3. The zero-order valence-electron chi connectivity index (χ0n) is 22.7. The molecule has 0 unspecified atom stereocenters. The molecule has 1 aromatic heterocycles. The third kappa shape index (κ3) is 7.52. The number of carbonyl (C=O) groups excluding carboxylic acids is 2. The molecule has 0 radical (unpaired) electrons. The van der Waals surface area contributed by atoms with E-state index in [2.05, 4.69) is 32.7 Å². The van der Waals surface area contributed by atoms with Crippen molar-refractivity contribution in [3.05, 3.63) is 17.8 Å². The van der Waals surface area contributed by atoms with Gasteiger partial charge in [-0.15, -0.1) is 0 Å². The van der Waals surface area contributed by atoms with Gasteiger partial charge in [-0.3, -0.25) is 14.5 Å². The fourth-order valence-electron chi connectivity index (χ4n) is 5.51. The topological polar surface area (TPSA) is 68.7 Å². The minimum Gasteiger partial charge on any atom is -0.496 e. The molecule has 1 aromatic rings. The summed E-state index contributed by atoms with van der Waals surface area (Å²) < 4.78 is 11.3. The van der Waals surface area contributed by atoms with Crippen LogP contribution in [0, 0.1) is 23.7 Å². The molecule has 1 heterocycles. The smallest absolute Gasteiger partial charge is 0.231 e. The van der Waals surface area contributed by atoms with Gasteiger partial charge < -0.3 is 9.47 Å². The Morgan fingerprint density at radius 3 is 2.43 bits per heavy atom. The lowest BCUT2D eigenvalue weighted by atomic mass is 9.76. The molecular weight excluding hydrogens is 440 g/mol. The van der Waals surface area contributed by atoms with Crippen molar-refractivity contribution in [2.24, 2.45) is 23.7 Å². The van der Waals surface area contributed by atoms with Crippen LogP contribution in [-0.2, 0) is 14.3 Å². The van der Waals surface area contributed by atoms with Crippen molar-refractivity contribution in [2.75, 3.05) is 25.2 Å². The first-order valence-electron chi connectivity index (χ1n) is 13.7. The first kappa shape index (κ1) is 27.6. The van der Waals surface area contributed by atoms with E-state index in [9.17, 15) is 9.59 Å². The van der Waals surface area contributed by atoms with E-state index in [4.69, 9.17) is 9.47 Å². The molecule has 2 aliphatic carbocycles. The molecule has 1 amide bonds. The Morgan fingerprint density at radius 2 is 1.83 bits per heavy atom. The van der Waals surface area contributed by atoms with Crippen molar-refractivity contribution in [2.45, 2.75) is 97.9 Å². The number of pyridine rings is 1. The second kappa shape index (κ2) is 12.8. The van der Waals surface area contributed by atoms with Crippen LogP contribution in [0.15, 0.2) is 12.3 Å². The summed E-state index contributed by atoms with van der Waals surface area (Å²) in [6.07, 6.45) is 8.74. The molecule has 3 rings (SSSR count). The van der Waals surface area contributed by atoms with Crippen LogP contribution in [0.3, 0.4) is 0 Å². The Morgan fingerprint density at radius 1 is 1.11 bits per heavy atom. The summed E-state index contributed by atoms with van der Waals surface area (Å²) in [5.41, 5.74) is 1.05. The highest BCUT2D eigenvalue weighted by Crippen LogP contribution is 2.39. The highest BCUT2D eigenvalue weighted by molar-refractivity contribution is 5.96. The standard InChI is InChI=1S/C29H46N2O4/c1-7-35-18-21(13-19(2)3)14-26(32)22-9-8-10-23(15-22)29(33)31(24-11-12-24)28-16-27(34-6)25(17-30-28)20(4)5/h16-17,19-24H,7-15,18H2,1-6H3/t21-,22+,23-/m0/s1. The van der Waals surface area contributed by atoms with Gasteiger partial charge in [0.15, 0.2) is 0 Å². The zero-order valence-corrected chi connectivity index (χ0v) is 22.7. The lowest BCUT2D eigenvalue weighted by molar-refractivity contribution is -0.128. The van der Waals surface area contributed by atoms with Crippen molar-refractivity contribution in [3.8, 4) is 5.75 Å². The Balaban J connectivity index is 1.70. The first-order chi connectivity index (χ1) is 16.7. The quantitative estimate of drug-likeness (QED) is 0.333. The van der Waals surface area contributed by atoms with E-state index in [0.717, 1.165) is 49.8 Å². The summed E-state index contributed by atoms with van der Waals surface area (Å²) in [6, 6.07) is 2.13. The van der Waals surface area contributed by atoms with Gasteiger partial charge in [0.25, 0.3) is 0 Å². The predicted molar refractivity (Wildman–Crippen MR) is 140 cm³/mol. The molecular formula is C29H46N2O4. The van der Waals surface area contributed by atoms with Gasteiger partial charge in [0.1, 0.15) is 17.4 Å². The maximum Gasteiger partial charge on any atom is 0.231 e. The number of Topliss-reactive ketones (excluding diaryl/α,β-unsaturated/α-hetero) is 1. The summed E-state index contributed by atoms with van der Waals surface area (Å²) in [7, 11) is 1.67. The highest BCUT2D eigenvalue weighted by Gasteiger charge is 2.40. The van der Waals surface area contributed by atoms with Crippen LogP contribution in [0.1, 0.15) is 97.5 Å². The SMILES string of the molecule is CCOC[C@H](CC(=O)[C@@H]1CCC[C@H](C(=O)N(c2cc(OC)c(C(C)C)cn2)C2CC2)C1)CC(C)C. The molecule has 2 aliphatic rings. The third-order valence-electron chi connectivity index (χ3n) is 7.45. The molecule has 0 spiro atoms. The molecule has 196 valence electrons. The molecule has 6 nitrogen and oxygen atoms in total. The van der Waals surface area contributed by atoms with E-state index in [1.165, 1.54) is 0 Å². The number of methoxy groups -OCH3 is 1. The van der Waals surface area contributed by atoms with Crippen molar-refractivity contribution in [1.82, 2.24) is 4.98 Å². The van der Waals surface area contributed by atoms with Crippen molar-refractivity contribution in [1.29, 1.82) is 0 Å². The maximum absolute atomic E-state index is 13.8. The first-order valence-corrected chi connectivity index (χ1v) is 13.7. The van der Waals surface area contributed by atoms with Gasteiger partial charge in [0.05, 0.1) is 7.11 Å². The molecule has 35 heavy (non-hydrogen) atoms. The number of ether oxygens (including phenoxy) is 2. The predicted octanol–water partition coefficient (Wildman–Crippen LogP) is 6.17. The average Bonchev–Trinajstić information content (AvgIpc) is 3.67. The number of rotatable bonds is 13. The summed E-state index contributed by atoms with van der Waals surface area (Å²) >= 11 is 0. The number of ketones is 1. The van der Waals surface area contributed by atoms with Crippen LogP contribution in [0.2, 0.25) is 0 Å². The number of hydrogen-bond acceptors (Lipinski definition) is 5. The van der Waals surface area contributed by atoms with Crippen LogP contribution >= 0.6 is 0 Å². The molecule has 6 heteroatoms. The largest absolute Gasteiger partial charge is 0.496 e. The van der Waals surface area contributed by atoms with Crippen LogP contribution in [0.5, 0.6) is 5.75 Å². The lowest BCUT2D eigenvalue weighted by Crippen LogP contribution is -2.41. The zero-order chi connectivity index (χ0) is 25.5. The number of aromatic nitrogens is 1. The fourth-order valence-corrected chi connectivity index (χ4v) is 5.51. The van der Waals surface area contributed by atoms with Crippen molar-refractivity contribution >= 4 is 17.5 Å². The number of amides is 1. The van der Waals surface area contributed by atoms with Crippen LogP contribution in [-0.4, -0.2) is 43.0 Å².